The van der Waals surface area contributed by atoms with Gasteiger partial charge in [-0.2, -0.15) is 0 Å². The zero-order chi connectivity index (χ0) is 12.0. The lowest BCUT2D eigenvalue weighted by molar-refractivity contribution is -0.146. The molecule has 0 aliphatic carbocycles. The van der Waals surface area contributed by atoms with E-state index in [1.165, 1.54) is 7.11 Å². The Kier molecular flexibility index (Phi) is 5.93. The topological polar surface area (TPSA) is 81.4 Å². The summed E-state index contributed by atoms with van der Waals surface area (Å²) in [6.07, 6.45) is 0.209. The van der Waals surface area contributed by atoms with Crippen LogP contribution in [0.15, 0.2) is 0 Å². The van der Waals surface area contributed by atoms with Crippen LogP contribution in [0.3, 0.4) is 0 Å². The second-order valence-corrected chi connectivity index (χ2v) is 3.99. The first kappa shape index (κ1) is 13.9. The van der Waals surface area contributed by atoms with Crippen molar-refractivity contribution in [3.63, 3.8) is 0 Å². The SMILES string of the molecule is COC(=O)[C@@H](NC(=O)CC(C)N)C(C)C. The number of hydrogen-bond donors (Lipinski definition) is 2. The minimum Gasteiger partial charge on any atom is -0.467 e. The molecule has 0 aromatic heterocycles. The molecule has 0 spiro atoms. The quantitative estimate of drug-likeness (QED) is 0.636. The van der Waals surface area contributed by atoms with Crippen molar-refractivity contribution in [1.29, 1.82) is 0 Å². The largest absolute Gasteiger partial charge is 0.467 e. The number of rotatable bonds is 5. The van der Waals surface area contributed by atoms with Crippen molar-refractivity contribution in [3.8, 4) is 0 Å². The molecule has 5 nitrogen and oxygen atoms in total. The van der Waals surface area contributed by atoms with Gasteiger partial charge in [-0.3, -0.25) is 4.79 Å². The number of methoxy groups -OCH3 is 1. The molecule has 0 saturated carbocycles. The van der Waals surface area contributed by atoms with Crippen molar-refractivity contribution in [1.82, 2.24) is 5.32 Å². The normalized spacial score (nSPS) is 14.5. The van der Waals surface area contributed by atoms with Crippen LogP contribution in [0.5, 0.6) is 0 Å². The molecule has 0 rings (SSSR count). The summed E-state index contributed by atoms with van der Waals surface area (Å²) in [4.78, 5) is 22.7. The van der Waals surface area contributed by atoms with Crippen LogP contribution in [0.25, 0.3) is 0 Å². The van der Waals surface area contributed by atoms with Crippen molar-refractivity contribution in [2.75, 3.05) is 7.11 Å². The Morgan fingerprint density at radius 2 is 1.87 bits per heavy atom. The average molecular weight is 216 g/mol. The summed E-state index contributed by atoms with van der Waals surface area (Å²) in [5, 5.41) is 2.60. The third kappa shape index (κ3) is 5.37. The molecule has 0 bridgehead atoms. The monoisotopic (exact) mass is 216 g/mol. The van der Waals surface area contributed by atoms with E-state index in [4.69, 9.17) is 5.73 Å². The third-order valence-electron chi connectivity index (χ3n) is 1.95. The highest BCUT2D eigenvalue weighted by molar-refractivity contribution is 5.84. The van der Waals surface area contributed by atoms with Crippen LogP contribution in [0.4, 0.5) is 0 Å². The number of hydrogen-bond acceptors (Lipinski definition) is 4. The Labute approximate surface area is 90.4 Å². The number of amides is 1. The van der Waals surface area contributed by atoms with Crippen LogP contribution < -0.4 is 11.1 Å². The maximum Gasteiger partial charge on any atom is 0.328 e. The molecular weight excluding hydrogens is 196 g/mol. The second-order valence-electron chi connectivity index (χ2n) is 3.99. The van der Waals surface area contributed by atoms with Gasteiger partial charge in [0.25, 0.3) is 0 Å². The van der Waals surface area contributed by atoms with E-state index in [0.29, 0.717) is 0 Å². The highest BCUT2D eigenvalue weighted by atomic mass is 16.5. The Morgan fingerprint density at radius 3 is 2.20 bits per heavy atom. The van der Waals surface area contributed by atoms with E-state index in [1.807, 2.05) is 13.8 Å². The predicted molar refractivity (Wildman–Crippen MR) is 57.1 cm³/mol. The van der Waals surface area contributed by atoms with Gasteiger partial charge in [0.15, 0.2) is 0 Å². The van der Waals surface area contributed by atoms with Crippen LogP contribution in [0.1, 0.15) is 27.2 Å². The first-order valence-electron chi connectivity index (χ1n) is 5.01. The molecule has 0 fully saturated rings. The molecular formula is C10H20N2O3. The first-order chi connectivity index (χ1) is 6.88. The molecule has 15 heavy (non-hydrogen) atoms. The van der Waals surface area contributed by atoms with Crippen LogP contribution in [0, 0.1) is 5.92 Å². The van der Waals surface area contributed by atoms with E-state index in [2.05, 4.69) is 10.1 Å². The van der Waals surface area contributed by atoms with E-state index in [-0.39, 0.29) is 24.3 Å². The van der Waals surface area contributed by atoms with Crippen LogP contribution in [0.2, 0.25) is 0 Å². The van der Waals surface area contributed by atoms with Crippen LogP contribution >= 0.6 is 0 Å². The molecule has 0 aromatic carbocycles. The minimum atomic E-state index is -0.596. The Hall–Kier alpha value is -1.10. The molecule has 0 radical (unpaired) electrons. The van der Waals surface area contributed by atoms with Gasteiger partial charge in [-0.15, -0.1) is 0 Å². The number of carbonyl (C=O) groups excluding carboxylic acids is 2. The van der Waals surface area contributed by atoms with Gasteiger partial charge >= 0.3 is 5.97 Å². The molecule has 3 N–H and O–H groups in total. The van der Waals surface area contributed by atoms with Crippen molar-refractivity contribution >= 4 is 11.9 Å². The number of carbonyl (C=O) groups is 2. The van der Waals surface area contributed by atoms with Gasteiger partial charge in [-0.25, -0.2) is 4.79 Å². The van der Waals surface area contributed by atoms with Gasteiger partial charge in [0.1, 0.15) is 6.04 Å². The molecule has 2 atom stereocenters. The van der Waals surface area contributed by atoms with Gasteiger partial charge in [0.2, 0.25) is 5.91 Å². The fraction of sp³-hybridized carbons (Fsp3) is 0.800. The summed E-state index contributed by atoms with van der Waals surface area (Å²) in [6, 6.07) is -0.809. The van der Waals surface area contributed by atoms with Gasteiger partial charge in [-0.1, -0.05) is 13.8 Å². The molecule has 1 amide bonds. The summed E-state index contributed by atoms with van der Waals surface area (Å²) in [6.45, 7) is 5.42. The zero-order valence-corrected chi connectivity index (χ0v) is 9.74. The van der Waals surface area contributed by atoms with Crippen molar-refractivity contribution in [3.05, 3.63) is 0 Å². The zero-order valence-electron chi connectivity index (χ0n) is 9.74. The van der Waals surface area contributed by atoms with Crippen LogP contribution in [-0.4, -0.2) is 31.1 Å². The molecule has 1 unspecified atom stereocenters. The highest BCUT2D eigenvalue weighted by Gasteiger charge is 2.24. The molecule has 0 heterocycles. The van der Waals surface area contributed by atoms with Gasteiger partial charge in [-0.05, 0) is 12.8 Å². The van der Waals surface area contributed by atoms with Crippen molar-refractivity contribution < 1.29 is 14.3 Å². The van der Waals surface area contributed by atoms with E-state index >= 15 is 0 Å². The van der Waals surface area contributed by atoms with Crippen LogP contribution in [-0.2, 0) is 14.3 Å². The highest BCUT2D eigenvalue weighted by Crippen LogP contribution is 2.04. The fourth-order valence-corrected chi connectivity index (χ4v) is 1.15. The number of esters is 1. The molecule has 0 aromatic rings. The van der Waals surface area contributed by atoms with E-state index in [9.17, 15) is 9.59 Å². The smallest absolute Gasteiger partial charge is 0.328 e. The summed E-state index contributed by atoms with van der Waals surface area (Å²) < 4.78 is 4.59. The predicted octanol–water partition coefficient (Wildman–Crippen LogP) is 0.0375. The van der Waals surface area contributed by atoms with E-state index < -0.39 is 12.0 Å². The average Bonchev–Trinajstić information content (AvgIpc) is 2.11. The fourth-order valence-electron chi connectivity index (χ4n) is 1.15. The van der Waals surface area contributed by atoms with Gasteiger partial charge < -0.3 is 15.8 Å². The lowest BCUT2D eigenvalue weighted by atomic mass is 10.0. The molecule has 0 saturated heterocycles. The van der Waals surface area contributed by atoms with Gasteiger partial charge in [0, 0.05) is 12.5 Å². The Balaban J connectivity index is 4.29. The van der Waals surface area contributed by atoms with E-state index in [0.717, 1.165) is 0 Å². The summed E-state index contributed by atoms with van der Waals surface area (Å²) >= 11 is 0. The summed E-state index contributed by atoms with van der Waals surface area (Å²) in [5.74, 6) is -0.661. The first-order valence-corrected chi connectivity index (χ1v) is 5.01. The summed E-state index contributed by atoms with van der Waals surface area (Å²) in [5.41, 5.74) is 5.48. The molecule has 0 aliphatic rings. The molecule has 88 valence electrons. The van der Waals surface area contributed by atoms with Crippen molar-refractivity contribution in [2.24, 2.45) is 11.7 Å². The number of ether oxygens (including phenoxy) is 1. The van der Waals surface area contributed by atoms with Crippen molar-refractivity contribution in [2.45, 2.75) is 39.3 Å². The lowest BCUT2D eigenvalue weighted by Crippen LogP contribution is -2.46. The Bertz CT molecular complexity index is 227. The summed E-state index contributed by atoms with van der Waals surface area (Å²) in [7, 11) is 1.30. The standard InChI is InChI=1S/C10H20N2O3/c1-6(2)9(10(14)15-4)12-8(13)5-7(3)11/h6-7,9H,5,11H2,1-4H3,(H,12,13)/t7?,9-/m0/s1. The number of nitrogens with two attached hydrogens (primary N) is 1. The maximum absolute atomic E-state index is 11.4. The number of nitrogens with one attached hydrogen (secondary N) is 1. The Morgan fingerprint density at radius 1 is 1.33 bits per heavy atom. The molecule has 5 heteroatoms. The van der Waals surface area contributed by atoms with E-state index in [1.54, 1.807) is 6.92 Å². The van der Waals surface area contributed by atoms with Gasteiger partial charge in [0.05, 0.1) is 7.11 Å². The molecule has 0 aliphatic heterocycles. The maximum atomic E-state index is 11.4. The second kappa shape index (κ2) is 6.40. The third-order valence-corrected chi connectivity index (χ3v) is 1.95. The minimum absolute atomic E-state index is 0.00511. The lowest BCUT2D eigenvalue weighted by Gasteiger charge is -2.20.